The second-order valence-corrected chi connectivity index (χ2v) is 9.33. The Morgan fingerprint density at radius 1 is 0.906 bits per heavy atom. The number of anilines is 3. The molecule has 0 aromatic carbocycles. The van der Waals surface area contributed by atoms with Gasteiger partial charge in [0.25, 0.3) is 0 Å². The maximum absolute atomic E-state index is 6.10. The molecule has 0 bridgehead atoms. The van der Waals surface area contributed by atoms with Crippen molar-refractivity contribution in [2.45, 2.75) is 44.6 Å². The van der Waals surface area contributed by atoms with Crippen molar-refractivity contribution in [1.29, 1.82) is 0 Å². The minimum Gasteiger partial charge on any atom is -0.383 e. The maximum Gasteiger partial charge on any atom is 0.226 e. The number of hydrogen-bond donors (Lipinski definition) is 3. The van der Waals surface area contributed by atoms with Crippen molar-refractivity contribution < 1.29 is 4.74 Å². The molecule has 0 spiro atoms. The Morgan fingerprint density at radius 2 is 1.62 bits per heavy atom. The van der Waals surface area contributed by atoms with Crippen LogP contribution in [0.4, 0.5) is 17.6 Å². The fraction of sp³-hybridized carbons (Fsp3) is 0.826. The van der Waals surface area contributed by atoms with Crippen LogP contribution in [0.15, 0.2) is 6.07 Å². The molecule has 180 valence electrons. The lowest BCUT2D eigenvalue weighted by molar-refractivity contribution is 0.0331. The van der Waals surface area contributed by atoms with E-state index in [9.17, 15) is 0 Å². The van der Waals surface area contributed by atoms with Crippen LogP contribution in [-0.4, -0.2) is 104 Å². The van der Waals surface area contributed by atoms with Gasteiger partial charge in [-0.25, -0.2) is 0 Å². The Labute approximate surface area is 193 Å². The average molecular weight is 447 g/mol. The number of nitrogen functional groups attached to an aromatic ring is 1. The standard InChI is InChI=1S/C23H42N8O/c24-21-19-22(28-23(27-21)26-8-4-7-25-20-5-2-1-3-6-20)31-13-11-29(12-14-31)9-10-30-15-17-32-18-16-30/h19-20,25H,1-18H2,(H3,24,26,27,28). The zero-order chi connectivity index (χ0) is 22.0. The summed E-state index contributed by atoms with van der Waals surface area (Å²) in [4.78, 5) is 16.5. The first-order valence-electron chi connectivity index (χ1n) is 12.7. The van der Waals surface area contributed by atoms with Crippen LogP contribution in [0.3, 0.4) is 0 Å². The molecule has 4 rings (SSSR count). The van der Waals surface area contributed by atoms with Crippen LogP contribution in [0, 0.1) is 0 Å². The van der Waals surface area contributed by atoms with E-state index in [-0.39, 0.29) is 0 Å². The molecule has 0 amide bonds. The van der Waals surface area contributed by atoms with Gasteiger partial charge in [-0.1, -0.05) is 19.3 Å². The van der Waals surface area contributed by atoms with Gasteiger partial charge in [-0.3, -0.25) is 9.80 Å². The molecular formula is C23H42N8O. The van der Waals surface area contributed by atoms with Gasteiger partial charge >= 0.3 is 0 Å². The number of piperazine rings is 1. The molecule has 1 aromatic rings. The summed E-state index contributed by atoms with van der Waals surface area (Å²) in [5, 5.41) is 7.06. The Bertz CT molecular complexity index is 670. The highest BCUT2D eigenvalue weighted by Gasteiger charge is 2.20. The molecule has 1 aromatic heterocycles. The van der Waals surface area contributed by atoms with E-state index in [1.165, 1.54) is 32.1 Å². The third-order valence-corrected chi connectivity index (χ3v) is 6.94. The zero-order valence-corrected chi connectivity index (χ0v) is 19.6. The van der Waals surface area contributed by atoms with Crippen LogP contribution in [0.5, 0.6) is 0 Å². The Balaban J connectivity index is 1.16. The quantitative estimate of drug-likeness (QED) is 0.459. The number of aromatic nitrogens is 2. The first kappa shape index (κ1) is 23.5. The van der Waals surface area contributed by atoms with E-state index in [4.69, 9.17) is 15.5 Å². The Hall–Kier alpha value is -1.68. The summed E-state index contributed by atoms with van der Waals surface area (Å²) in [5.74, 6) is 2.12. The molecule has 3 fully saturated rings. The van der Waals surface area contributed by atoms with E-state index in [1.807, 2.05) is 6.07 Å². The number of morpholine rings is 1. The van der Waals surface area contributed by atoms with Crippen LogP contribution < -0.4 is 21.3 Å². The van der Waals surface area contributed by atoms with Crippen molar-refractivity contribution in [2.75, 3.05) is 94.6 Å². The lowest BCUT2D eigenvalue weighted by Crippen LogP contribution is -2.49. The minimum absolute atomic E-state index is 0.535. The molecule has 3 heterocycles. The molecule has 32 heavy (non-hydrogen) atoms. The smallest absolute Gasteiger partial charge is 0.226 e. The first-order chi connectivity index (χ1) is 15.8. The number of ether oxygens (including phenoxy) is 1. The van der Waals surface area contributed by atoms with E-state index in [0.29, 0.717) is 17.8 Å². The van der Waals surface area contributed by atoms with Gasteiger partial charge < -0.3 is 26.0 Å². The lowest BCUT2D eigenvalue weighted by atomic mass is 9.95. The van der Waals surface area contributed by atoms with Crippen molar-refractivity contribution in [3.05, 3.63) is 6.07 Å². The zero-order valence-electron chi connectivity index (χ0n) is 19.6. The van der Waals surface area contributed by atoms with Gasteiger partial charge in [-0.15, -0.1) is 0 Å². The third kappa shape index (κ3) is 7.43. The largest absolute Gasteiger partial charge is 0.383 e. The van der Waals surface area contributed by atoms with Gasteiger partial charge in [0, 0.05) is 71.0 Å². The van der Waals surface area contributed by atoms with Crippen LogP contribution in [-0.2, 0) is 4.74 Å². The van der Waals surface area contributed by atoms with Crippen molar-refractivity contribution >= 4 is 17.6 Å². The van der Waals surface area contributed by atoms with E-state index >= 15 is 0 Å². The molecule has 3 aliphatic rings. The summed E-state index contributed by atoms with van der Waals surface area (Å²) in [6.45, 7) is 12.1. The molecule has 0 unspecified atom stereocenters. The minimum atomic E-state index is 0.535. The summed E-state index contributed by atoms with van der Waals surface area (Å²) in [5.41, 5.74) is 6.10. The number of nitrogens with one attached hydrogen (secondary N) is 2. The van der Waals surface area contributed by atoms with Crippen LogP contribution in [0.1, 0.15) is 38.5 Å². The van der Waals surface area contributed by atoms with Crippen LogP contribution >= 0.6 is 0 Å². The monoisotopic (exact) mass is 446 g/mol. The average Bonchev–Trinajstić information content (AvgIpc) is 2.84. The third-order valence-electron chi connectivity index (χ3n) is 6.94. The van der Waals surface area contributed by atoms with Crippen LogP contribution in [0.2, 0.25) is 0 Å². The highest BCUT2D eigenvalue weighted by Crippen LogP contribution is 2.19. The molecule has 2 aliphatic heterocycles. The molecule has 9 heteroatoms. The number of rotatable bonds is 10. The summed E-state index contributed by atoms with van der Waals surface area (Å²) in [7, 11) is 0. The van der Waals surface area contributed by atoms with Gasteiger partial charge in [-0.05, 0) is 25.8 Å². The van der Waals surface area contributed by atoms with Crippen molar-refractivity contribution in [2.24, 2.45) is 0 Å². The predicted molar refractivity (Wildman–Crippen MR) is 130 cm³/mol. The van der Waals surface area contributed by atoms with Crippen LogP contribution in [0.25, 0.3) is 0 Å². The normalized spacial score (nSPS) is 21.7. The summed E-state index contributed by atoms with van der Waals surface area (Å²) in [6, 6.07) is 2.62. The predicted octanol–water partition coefficient (Wildman–Crippen LogP) is 1.24. The van der Waals surface area contributed by atoms with Gasteiger partial charge in [0.1, 0.15) is 11.6 Å². The number of hydrogen-bond acceptors (Lipinski definition) is 9. The van der Waals surface area contributed by atoms with Crippen molar-refractivity contribution in [1.82, 2.24) is 25.1 Å². The highest BCUT2D eigenvalue weighted by molar-refractivity contribution is 5.51. The first-order valence-corrected chi connectivity index (χ1v) is 12.7. The van der Waals surface area contributed by atoms with E-state index < -0.39 is 0 Å². The summed E-state index contributed by atoms with van der Waals surface area (Å²) in [6.07, 6.45) is 7.87. The molecule has 2 saturated heterocycles. The highest BCUT2D eigenvalue weighted by atomic mass is 16.5. The van der Waals surface area contributed by atoms with Crippen molar-refractivity contribution in [3.8, 4) is 0 Å². The summed E-state index contributed by atoms with van der Waals surface area (Å²) >= 11 is 0. The van der Waals surface area contributed by atoms with Gasteiger partial charge in [0.15, 0.2) is 0 Å². The number of nitrogens with zero attached hydrogens (tertiary/aromatic N) is 5. The molecular weight excluding hydrogens is 404 g/mol. The van der Waals surface area contributed by atoms with Gasteiger partial charge in [0.05, 0.1) is 13.2 Å². The Kier molecular flexibility index (Phi) is 9.19. The topological polar surface area (TPSA) is 94.8 Å². The number of nitrogens with two attached hydrogens (primary N) is 1. The van der Waals surface area contributed by atoms with Gasteiger partial charge in [0.2, 0.25) is 5.95 Å². The van der Waals surface area contributed by atoms with E-state index in [0.717, 1.165) is 90.9 Å². The molecule has 1 saturated carbocycles. The molecule has 0 atom stereocenters. The SMILES string of the molecule is Nc1cc(N2CCN(CCN3CCOCC3)CC2)nc(NCCCNC2CCCCC2)n1. The molecule has 1 aliphatic carbocycles. The molecule has 0 radical (unpaired) electrons. The second kappa shape index (κ2) is 12.5. The fourth-order valence-corrected chi connectivity index (χ4v) is 4.90. The van der Waals surface area contributed by atoms with E-state index in [1.54, 1.807) is 0 Å². The lowest BCUT2D eigenvalue weighted by Gasteiger charge is -2.37. The molecule has 9 nitrogen and oxygen atoms in total. The Morgan fingerprint density at radius 3 is 2.38 bits per heavy atom. The second-order valence-electron chi connectivity index (χ2n) is 9.33. The fourth-order valence-electron chi connectivity index (χ4n) is 4.90. The maximum atomic E-state index is 6.10. The van der Waals surface area contributed by atoms with Gasteiger partial charge in [-0.2, -0.15) is 9.97 Å². The van der Waals surface area contributed by atoms with Crippen molar-refractivity contribution in [3.63, 3.8) is 0 Å². The van der Waals surface area contributed by atoms with E-state index in [2.05, 4.69) is 30.3 Å². The molecule has 4 N–H and O–H groups in total. The summed E-state index contributed by atoms with van der Waals surface area (Å²) < 4.78 is 5.44.